The van der Waals surface area contributed by atoms with E-state index < -0.39 is 23.6 Å². The van der Waals surface area contributed by atoms with Crippen molar-refractivity contribution in [1.82, 2.24) is 15.3 Å². The number of aromatic nitrogens is 2. The van der Waals surface area contributed by atoms with E-state index in [2.05, 4.69) is 15.3 Å². The van der Waals surface area contributed by atoms with Crippen LogP contribution in [-0.2, 0) is 11.2 Å². The zero-order valence-corrected chi connectivity index (χ0v) is 10.4. The van der Waals surface area contributed by atoms with Gasteiger partial charge in [0.1, 0.15) is 11.7 Å². The normalized spacial score (nSPS) is 11.8. The lowest BCUT2D eigenvalue weighted by atomic mass is 10.1. The van der Waals surface area contributed by atoms with E-state index in [1.165, 1.54) is 6.20 Å². The highest BCUT2D eigenvalue weighted by Crippen LogP contribution is 2.04. The summed E-state index contributed by atoms with van der Waals surface area (Å²) in [6.07, 6.45) is 1.36. The van der Waals surface area contributed by atoms with Crippen LogP contribution in [-0.4, -0.2) is 33.0 Å². The number of hydrogen-bond acceptors (Lipinski definition) is 3. The summed E-state index contributed by atoms with van der Waals surface area (Å²) in [5.41, 5.74) is 0.266. The Bertz CT molecular complexity index is 660. The summed E-state index contributed by atoms with van der Waals surface area (Å²) in [5, 5.41) is 11.5. The summed E-state index contributed by atoms with van der Waals surface area (Å²) in [6, 6.07) is 7.89. The van der Waals surface area contributed by atoms with Crippen molar-refractivity contribution >= 4 is 11.9 Å². The number of H-pyrrole nitrogens is 2. The highest BCUT2D eigenvalue weighted by molar-refractivity contribution is 5.94. The van der Waals surface area contributed by atoms with Gasteiger partial charge in [0.05, 0.1) is 0 Å². The third-order valence-corrected chi connectivity index (χ3v) is 2.73. The van der Waals surface area contributed by atoms with Gasteiger partial charge in [0.2, 0.25) is 0 Å². The molecule has 0 aliphatic carbocycles. The van der Waals surface area contributed by atoms with E-state index >= 15 is 0 Å². The van der Waals surface area contributed by atoms with Crippen LogP contribution in [0.3, 0.4) is 0 Å². The number of carbonyl (C=O) groups is 2. The Labute approximate surface area is 113 Å². The van der Waals surface area contributed by atoms with Crippen LogP contribution >= 0.6 is 0 Å². The maximum atomic E-state index is 11.8. The molecule has 1 atom stereocenters. The zero-order chi connectivity index (χ0) is 14.5. The van der Waals surface area contributed by atoms with Crippen molar-refractivity contribution in [2.75, 3.05) is 0 Å². The first-order valence-corrected chi connectivity index (χ1v) is 5.91. The first-order chi connectivity index (χ1) is 9.56. The quantitative estimate of drug-likeness (QED) is 0.620. The lowest BCUT2D eigenvalue weighted by Gasteiger charge is -2.13. The molecule has 0 saturated heterocycles. The predicted molar refractivity (Wildman–Crippen MR) is 70.4 cm³/mol. The Morgan fingerprint density at radius 2 is 1.95 bits per heavy atom. The van der Waals surface area contributed by atoms with Gasteiger partial charge >= 0.3 is 11.7 Å². The summed E-state index contributed by atoms with van der Waals surface area (Å²) in [4.78, 5) is 38.4. The molecule has 20 heavy (non-hydrogen) atoms. The summed E-state index contributed by atoms with van der Waals surface area (Å²) in [5.74, 6) is -1.79. The minimum absolute atomic E-state index is 0.00527. The average molecular weight is 275 g/mol. The molecule has 0 aliphatic heterocycles. The molecule has 0 saturated carbocycles. The van der Waals surface area contributed by atoms with Crippen LogP contribution in [0.4, 0.5) is 0 Å². The fourth-order valence-electron chi connectivity index (χ4n) is 1.74. The first kappa shape index (κ1) is 13.6. The molecule has 4 N–H and O–H groups in total. The van der Waals surface area contributed by atoms with E-state index in [1.807, 2.05) is 6.07 Å². The van der Waals surface area contributed by atoms with E-state index in [-0.39, 0.29) is 12.1 Å². The second-order valence-corrected chi connectivity index (χ2v) is 4.21. The van der Waals surface area contributed by atoms with Gasteiger partial charge < -0.3 is 20.4 Å². The minimum Gasteiger partial charge on any atom is -0.480 e. The van der Waals surface area contributed by atoms with Crippen molar-refractivity contribution in [3.63, 3.8) is 0 Å². The van der Waals surface area contributed by atoms with E-state index in [0.29, 0.717) is 0 Å². The molecule has 0 spiro atoms. The second kappa shape index (κ2) is 5.87. The van der Waals surface area contributed by atoms with E-state index in [4.69, 9.17) is 5.11 Å². The van der Waals surface area contributed by atoms with Gasteiger partial charge in [0, 0.05) is 12.6 Å². The van der Waals surface area contributed by atoms with Crippen LogP contribution < -0.4 is 11.0 Å². The van der Waals surface area contributed by atoms with Crippen molar-refractivity contribution in [2.45, 2.75) is 12.5 Å². The third kappa shape index (κ3) is 3.35. The number of carboxylic acid groups (broad SMARTS) is 1. The largest absolute Gasteiger partial charge is 0.480 e. The Balaban J connectivity index is 2.08. The number of hydrogen-bond donors (Lipinski definition) is 4. The maximum Gasteiger partial charge on any atom is 0.326 e. The molecule has 1 unspecified atom stereocenters. The summed E-state index contributed by atoms with van der Waals surface area (Å²) in [6.45, 7) is 0. The standard InChI is InChI=1S/C13H13N3O4/c17-11(10-7-14-13(20)16-10)15-9(12(18)19)6-8-4-2-1-3-5-8/h1-5,7,9H,6H2,(H,15,17)(H,18,19)(H2,14,16,20). The van der Waals surface area contributed by atoms with Crippen LogP contribution in [0.1, 0.15) is 16.1 Å². The van der Waals surface area contributed by atoms with Gasteiger partial charge in [-0.3, -0.25) is 4.79 Å². The van der Waals surface area contributed by atoms with E-state index in [1.54, 1.807) is 24.3 Å². The molecule has 0 fully saturated rings. The molecular weight excluding hydrogens is 262 g/mol. The Kier molecular flexibility index (Phi) is 3.99. The molecule has 1 amide bonds. The van der Waals surface area contributed by atoms with Crippen molar-refractivity contribution in [3.8, 4) is 0 Å². The smallest absolute Gasteiger partial charge is 0.326 e. The molecular formula is C13H13N3O4. The predicted octanol–water partition coefficient (Wildman–Crippen LogP) is 0.129. The number of carbonyl (C=O) groups excluding carboxylic acids is 1. The van der Waals surface area contributed by atoms with Gasteiger partial charge in [-0.25, -0.2) is 9.59 Å². The Hall–Kier alpha value is -2.83. The molecule has 0 radical (unpaired) electrons. The number of benzene rings is 1. The maximum absolute atomic E-state index is 11.8. The van der Waals surface area contributed by atoms with Crippen LogP contribution in [0.15, 0.2) is 41.3 Å². The van der Waals surface area contributed by atoms with Crippen molar-refractivity contribution in [2.24, 2.45) is 0 Å². The van der Waals surface area contributed by atoms with Gasteiger partial charge in [0.15, 0.2) is 0 Å². The number of rotatable bonds is 5. The van der Waals surface area contributed by atoms with Crippen LogP contribution in [0, 0.1) is 0 Å². The Morgan fingerprint density at radius 3 is 2.50 bits per heavy atom. The third-order valence-electron chi connectivity index (χ3n) is 2.73. The number of amides is 1. The first-order valence-electron chi connectivity index (χ1n) is 5.91. The molecule has 0 aliphatic rings. The Morgan fingerprint density at radius 1 is 1.25 bits per heavy atom. The van der Waals surface area contributed by atoms with Crippen LogP contribution in [0.25, 0.3) is 0 Å². The summed E-state index contributed by atoms with van der Waals surface area (Å²) < 4.78 is 0. The SMILES string of the molecule is O=C(NC(Cc1ccccc1)C(=O)O)c1c[nH]c(=O)[nH]1. The molecule has 0 bridgehead atoms. The van der Waals surface area contributed by atoms with Crippen molar-refractivity contribution < 1.29 is 14.7 Å². The molecule has 104 valence electrons. The number of carboxylic acids is 1. The van der Waals surface area contributed by atoms with Crippen LogP contribution in [0.2, 0.25) is 0 Å². The van der Waals surface area contributed by atoms with E-state index in [9.17, 15) is 14.4 Å². The molecule has 7 heteroatoms. The summed E-state index contributed by atoms with van der Waals surface area (Å²) in [7, 11) is 0. The molecule has 1 aromatic carbocycles. The lowest BCUT2D eigenvalue weighted by Crippen LogP contribution is -2.42. The fraction of sp³-hybridized carbons (Fsp3) is 0.154. The van der Waals surface area contributed by atoms with Crippen molar-refractivity contribution in [1.29, 1.82) is 0 Å². The van der Waals surface area contributed by atoms with Crippen LogP contribution in [0.5, 0.6) is 0 Å². The van der Waals surface area contributed by atoms with E-state index in [0.717, 1.165) is 5.56 Å². The number of nitrogens with one attached hydrogen (secondary N) is 3. The molecule has 1 aromatic heterocycles. The topological polar surface area (TPSA) is 115 Å². The molecule has 2 rings (SSSR count). The minimum atomic E-state index is -1.14. The highest BCUT2D eigenvalue weighted by atomic mass is 16.4. The zero-order valence-electron chi connectivity index (χ0n) is 10.4. The molecule has 7 nitrogen and oxygen atoms in total. The second-order valence-electron chi connectivity index (χ2n) is 4.21. The molecule has 1 heterocycles. The highest BCUT2D eigenvalue weighted by Gasteiger charge is 2.21. The van der Waals surface area contributed by atoms with Gasteiger partial charge in [-0.05, 0) is 5.56 Å². The van der Waals surface area contributed by atoms with Gasteiger partial charge in [0.25, 0.3) is 5.91 Å². The number of aliphatic carboxylic acids is 1. The van der Waals surface area contributed by atoms with Crippen molar-refractivity contribution in [3.05, 3.63) is 58.3 Å². The lowest BCUT2D eigenvalue weighted by molar-refractivity contribution is -0.139. The average Bonchev–Trinajstić information content (AvgIpc) is 2.86. The number of imidazole rings is 1. The molecule has 2 aromatic rings. The number of aromatic amines is 2. The monoisotopic (exact) mass is 275 g/mol. The van der Waals surface area contributed by atoms with Gasteiger partial charge in [-0.1, -0.05) is 30.3 Å². The van der Waals surface area contributed by atoms with Gasteiger partial charge in [-0.15, -0.1) is 0 Å². The fourth-order valence-corrected chi connectivity index (χ4v) is 1.74. The summed E-state index contributed by atoms with van der Waals surface area (Å²) >= 11 is 0. The van der Waals surface area contributed by atoms with Gasteiger partial charge in [-0.2, -0.15) is 0 Å².